The molecule has 0 aliphatic rings. The standard InChI is InChI=1S/C10H10O4/c1-14-10(13)9(12)8(11)7-5-3-2-4-6-7/h2-6,11-12H,1H3. The monoisotopic (exact) mass is 194 g/mol. The first kappa shape index (κ1) is 10.1. The van der Waals surface area contributed by atoms with Crippen LogP contribution in [0.3, 0.4) is 0 Å². The molecule has 2 N–H and O–H groups in total. The molecule has 0 aliphatic carbocycles. The Labute approximate surface area is 81.1 Å². The minimum atomic E-state index is -0.966. The Morgan fingerprint density at radius 1 is 1.21 bits per heavy atom. The van der Waals surface area contributed by atoms with Gasteiger partial charge in [0.1, 0.15) is 0 Å². The maximum absolute atomic E-state index is 10.8. The van der Waals surface area contributed by atoms with Crippen molar-refractivity contribution in [2.75, 3.05) is 7.11 Å². The lowest BCUT2D eigenvalue weighted by atomic mass is 10.2. The fraction of sp³-hybridized carbons (Fsp3) is 0.100. The lowest BCUT2D eigenvalue weighted by molar-refractivity contribution is -0.139. The molecule has 0 unspecified atom stereocenters. The molecule has 0 atom stereocenters. The van der Waals surface area contributed by atoms with Gasteiger partial charge in [0.15, 0.2) is 5.76 Å². The van der Waals surface area contributed by atoms with Crippen molar-refractivity contribution in [3.8, 4) is 0 Å². The molecule has 0 spiro atoms. The Bertz CT molecular complexity index is 354. The zero-order chi connectivity index (χ0) is 10.6. The number of esters is 1. The number of ether oxygens (including phenoxy) is 1. The maximum Gasteiger partial charge on any atom is 0.377 e. The van der Waals surface area contributed by atoms with Gasteiger partial charge < -0.3 is 14.9 Å². The lowest BCUT2D eigenvalue weighted by Gasteiger charge is -2.02. The Morgan fingerprint density at radius 3 is 2.29 bits per heavy atom. The zero-order valence-electron chi connectivity index (χ0n) is 7.60. The van der Waals surface area contributed by atoms with Crippen LogP contribution < -0.4 is 0 Å². The number of aliphatic hydroxyl groups is 2. The van der Waals surface area contributed by atoms with E-state index in [1.807, 2.05) is 0 Å². The van der Waals surface area contributed by atoms with E-state index in [1.165, 1.54) is 0 Å². The Hall–Kier alpha value is -1.97. The molecule has 14 heavy (non-hydrogen) atoms. The number of carbonyl (C=O) groups is 1. The maximum atomic E-state index is 10.8. The third-order valence-electron chi connectivity index (χ3n) is 1.65. The molecule has 0 bridgehead atoms. The summed E-state index contributed by atoms with van der Waals surface area (Å²) in [5, 5.41) is 18.6. The van der Waals surface area contributed by atoms with E-state index in [0.29, 0.717) is 5.56 Å². The highest BCUT2D eigenvalue weighted by atomic mass is 16.5. The van der Waals surface area contributed by atoms with Crippen molar-refractivity contribution in [2.24, 2.45) is 0 Å². The van der Waals surface area contributed by atoms with E-state index in [4.69, 9.17) is 0 Å². The second-order valence-electron chi connectivity index (χ2n) is 2.55. The van der Waals surface area contributed by atoms with Gasteiger partial charge in [-0.1, -0.05) is 30.3 Å². The lowest BCUT2D eigenvalue weighted by Crippen LogP contribution is -2.06. The molecule has 0 fully saturated rings. The topological polar surface area (TPSA) is 66.8 Å². The molecular weight excluding hydrogens is 184 g/mol. The molecule has 4 nitrogen and oxygen atoms in total. The first-order chi connectivity index (χ1) is 6.66. The van der Waals surface area contributed by atoms with Crippen LogP contribution in [-0.4, -0.2) is 23.3 Å². The third-order valence-corrected chi connectivity index (χ3v) is 1.65. The molecule has 4 heteroatoms. The van der Waals surface area contributed by atoms with Gasteiger partial charge in [-0.05, 0) is 0 Å². The van der Waals surface area contributed by atoms with Crippen molar-refractivity contribution < 1.29 is 19.7 Å². The fourth-order valence-corrected chi connectivity index (χ4v) is 0.926. The van der Waals surface area contributed by atoms with Crippen LogP contribution in [0.4, 0.5) is 0 Å². The summed E-state index contributed by atoms with van der Waals surface area (Å²) in [5.74, 6) is -2.25. The number of hydrogen-bond donors (Lipinski definition) is 2. The molecule has 1 aromatic carbocycles. The van der Waals surface area contributed by atoms with Gasteiger partial charge in [0.05, 0.1) is 7.11 Å². The molecule has 0 aliphatic heterocycles. The average molecular weight is 194 g/mol. The summed E-state index contributed by atoms with van der Waals surface area (Å²) in [5.41, 5.74) is 0.357. The zero-order valence-corrected chi connectivity index (χ0v) is 7.60. The summed E-state index contributed by atoms with van der Waals surface area (Å²) >= 11 is 0. The first-order valence-electron chi connectivity index (χ1n) is 3.92. The minimum absolute atomic E-state index is 0.357. The average Bonchev–Trinajstić information content (AvgIpc) is 2.27. The second-order valence-corrected chi connectivity index (χ2v) is 2.55. The summed E-state index contributed by atoms with van der Waals surface area (Å²) in [4.78, 5) is 10.8. The van der Waals surface area contributed by atoms with Crippen LogP contribution in [0.5, 0.6) is 0 Å². The number of carbonyl (C=O) groups excluding carboxylic acids is 1. The van der Waals surface area contributed by atoms with E-state index in [0.717, 1.165) is 7.11 Å². The highest BCUT2D eigenvalue weighted by molar-refractivity contribution is 5.93. The van der Waals surface area contributed by atoms with Gasteiger partial charge in [-0.2, -0.15) is 0 Å². The van der Waals surface area contributed by atoms with Crippen LogP contribution >= 0.6 is 0 Å². The molecular formula is C10H10O4. The van der Waals surface area contributed by atoms with Crippen molar-refractivity contribution in [3.63, 3.8) is 0 Å². The van der Waals surface area contributed by atoms with Crippen LogP contribution in [0.1, 0.15) is 5.56 Å². The van der Waals surface area contributed by atoms with Gasteiger partial charge in [0, 0.05) is 5.56 Å². The predicted molar refractivity (Wildman–Crippen MR) is 50.6 cm³/mol. The highest BCUT2D eigenvalue weighted by Gasteiger charge is 2.14. The van der Waals surface area contributed by atoms with Gasteiger partial charge >= 0.3 is 5.97 Å². The highest BCUT2D eigenvalue weighted by Crippen LogP contribution is 2.14. The van der Waals surface area contributed by atoms with Gasteiger partial charge in [0.2, 0.25) is 5.76 Å². The molecule has 0 heterocycles. The Kier molecular flexibility index (Phi) is 3.12. The first-order valence-corrected chi connectivity index (χ1v) is 3.92. The van der Waals surface area contributed by atoms with Gasteiger partial charge in [0.25, 0.3) is 0 Å². The number of methoxy groups -OCH3 is 1. The summed E-state index contributed by atoms with van der Waals surface area (Å²) in [6, 6.07) is 8.24. The fourth-order valence-electron chi connectivity index (χ4n) is 0.926. The molecule has 0 amide bonds. The molecule has 0 saturated carbocycles. The van der Waals surface area contributed by atoms with Crippen LogP contribution in [0, 0.1) is 0 Å². The van der Waals surface area contributed by atoms with Gasteiger partial charge in [-0.3, -0.25) is 0 Å². The Morgan fingerprint density at radius 2 is 1.79 bits per heavy atom. The van der Waals surface area contributed by atoms with Gasteiger partial charge in [-0.25, -0.2) is 4.79 Å². The molecule has 74 valence electrons. The van der Waals surface area contributed by atoms with E-state index in [1.54, 1.807) is 30.3 Å². The van der Waals surface area contributed by atoms with Crippen molar-refractivity contribution in [1.82, 2.24) is 0 Å². The quantitative estimate of drug-likeness (QED) is 0.426. The number of hydrogen-bond acceptors (Lipinski definition) is 4. The molecule has 0 saturated heterocycles. The summed E-state index contributed by atoms with van der Waals surface area (Å²) in [6.07, 6.45) is 0. The minimum Gasteiger partial charge on any atom is -0.504 e. The van der Waals surface area contributed by atoms with E-state index in [9.17, 15) is 15.0 Å². The predicted octanol–water partition coefficient (Wildman–Crippen LogP) is 1.64. The molecule has 1 aromatic rings. The van der Waals surface area contributed by atoms with Crippen LogP contribution in [0.25, 0.3) is 5.76 Å². The molecule has 0 aromatic heterocycles. The van der Waals surface area contributed by atoms with Crippen LogP contribution in [-0.2, 0) is 9.53 Å². The summed E-state index contributed by atoms with van der Waals surface area (Å²) in [6.45, 7) is 0. The second kappa shape index (κ2) is 4.32. The number of rotatable bonds is 2. The Balaban J connectivity index is 3.05. The normalized spacial score (nSPS) is 11.8. The number of benzene rings is 1. The molecule has 1 rings (SSSR count). The smallest absolute Gasteiger partial charge is 0.377 e. The van der Waals surface area contributed by atoms with Gasteiger partial charge in [-0.15, -0.1) is 0 Å². The van der Waals surface area contributed by atoms with Crippen molar-refractivity contribution >= 4 is 11.7 Å². The van der Waals surface area contributed by atoms with E-state index >= 15 is 0 Å². The van der Waals surface area contributed by atoms with Crippen LogP contribution in [0.15, 0.2) is 36.1 Å². The summed E-state index contributed by atoms with van der Waals surface area (Å²) < 4.78 is 4.25. The van der Waals surface area contributed by atoms with E-state index < -0.39 is 17.5 Å². The van der Waals surface area contributed by atoms with Crippen molar-refractivity contribution in [3.05, 3.63) is 41.7 Å². The molecule has 0 radical (unpaired) electrons. The summed E-state index contributed by atoms with van der Waals surface area (Å²) in [7, 11) is 1.12. The third kappa shape index (κ3) is 2.04. The van der Waals surface area contributed by atoms with E-state index in [-0.39, 0.29) is 0 Å². The van der Waals surface area contributed by atoms with Crippen LogP contribution in [0.2, 0.25) is 0 Å². The van der Waals surface area contributed by atoms with Crippen molar-refractivity contribution in [2.45, 2.75) is 0 Å². The van der Waals surface area contributed by atoms with Crippen molar-refractivity contribution in [1.29, 1.82) is 0 Å². The SMILES string of the molecule is COC(=O)C(O)=C(O)c1ccccc1. The number of aliphatic hydroxyl groups excluding tert-OH is 2. The van der Waals surface area contributed by atoms with E-state index in [2.05, 4.69) is 4.74 Å². The largest absolute Gasteiger partial charge is 0.504 e.